The number of nitrogens with zero attached hydrogens (tertiary/aromatic N) is 1. The van der Waals surface area contributed by atoms with Crippen LogP contribution in [-0.4, -0.2) is 43.8 Å². The van der Waals surface area contributed by atoms with Gasteiger partial charge < -0.3 is 10.1 Å². The fourth-order valence-corrected chi connectivity index (χ4v) is 2.82. The quantitative estimate of drug-likeness (QED) is 0.900. The third-order valence-corrected chi connectivity index (χ3v) is 4.26. The van der Waals surface area contributed by atoms with Crippen molar-refractivity contribution in [2.24, 2.45) is 0 Å². The van der Waals surface area contributed by atoms with E-state index in [4.69, 9.17) is 4.74 Å². The highest BCUT2D eigenvalue weighted by atomic mass is 16.5. The highest BCUT2D eigenvalue weighted by Gasteiger charge is 2.38. The maximum absolute atomic E-state index is 5.46. The van der Waals surface area contributed by atoms with Crippen LogP contribution in [0.3, 0.4) is 0 Å². The van der Waals surface area contributed by atoms with E-state index >= 15 is 0 Å². The molecule has 1 aromatic carbocycles. The number of piperazine rings is 1. The monoisotopic (exact) mass is 262 g/mol. The van der Waals surface area contributed by atoms with Crippen LogP contribution in [0.15, 0.2) is 30.3 Å². The van der Waals surface area contributed by atoms with Gasteiger partial charge in [0.25, 0.3) is 0 Å². The van der Waals surface area contributed by atoms with Crippen LogP contribution >= 0.6 is 0 Å². The van der Waals surface area contributed by atoms with Gasteiger partial charge >= 0.3 is 0 Å². The summed E-state index contributed by atoms with van der Waals surface area (Å²) < 4.78 is 5.46. The lowest BCUT2D eigenvalue weighted by Gasteiger charge is -2.48. The van der Waals surface area contributed by atoms with E-state index in [0.717, 1.165) is 19.6 Å². The lowest BCUT2D eigenvalue weighted by Crippen LogP contribution is -2.61. The Morgan fingerprint density at radius 1 is 1.42 bits per heavy atom. The predicted octanol–water partition coefficient (Wildman–Crippen LogP) is 2.23. The van der Waals surface area contributed by atoms with Crippen molar-refractivity contribution in [1.29, 1.82) is 0 Å². The van der Waals surface area contributed by atoms with Crippen LogP contribution in [0.4, 0.5) is 0 Å². The van der Waals surface area contributed by atoms with Gasteiger partial charge in [-0.1, -0.05) is 30.3 Å². The summed E-state index contributed by atoms with van der Waals surface area (Å²) in [6, 6.07) is 11.3. The van der Waals surface area contributed by atoms with Crippen LogP contribution in [0.1, 0.15) is 26.3 Å². The molecule has 0 aromatic heterocycles. The average molecular weight is 262 g/mol. The van der Waals surface area contributed by atoms with Gasteiger partial charge in [-0.15, -0.1) is 0 Å². The molecule has 0 radical (unpaired) electrons. The van der Waals surface area contributed by atoms with Crippen molar-refractivity contribution in [3.8, 4) is 0 Å². The van der Waals surface area contributed by atoms with E-state index in [1.54, 1.807) is 7.11 Å². The van der Waals surface area contributed by atoms with Crippen molar-refractivity contribution in [3.63, 3.8) is 0 Å². The van der Waals surface area contributed by atoms with Crippen LogP contribution in [0.2, 0.25) is 0 Å². The lowest BCUT2D eigenvalue weighted by molar-refractivity contribution is 0.000217. The molecule has 1 fully saturated rings. The van der Waals surface area contributed by atoms with Gasteiger partial charge in [0.05, 0.1) is 11.6 Å². The first-order valence-electron chi connectivity index (χ1n) is 7.13. The van der Waals surface area contributed by atoms with Crippen LogP contribution in [0, 0.1) is 0 Å². The molecule has 0 spiro atoms. The second-order valence-corrected chi connectivity index (χ2v) is 5.87. The molecule has 0 bridgehead atoms. The van der Waals surface area contributed by atoms with E-state index in [2.05, 4.69) is 61.3 Å². The van der Waals surface area contributed by atoms with Gasteiger partial charge in [0.2, 0.25) is 0 Å². The third kappa shape index (κ3) is 3.16. The summed E-state index contributed by atoms with van der Waals surface area (Å²) in [5, 5.41) is 3.61. The minimum atomic E-state index is 0.0422. The first-order valence-corrected chi connectivity index (χ1v) is 7.13. The molecule has 3 unspecified atom stereocenters. The Morgan fingerprint density at radius 2 is 2.11 bits per heavy atom. The van der Waals surface area contributed by atoms with E-state index in [1.165, 1.54) is 5.56 Å². The smallest absolute Gasteiger partial charge is 0.0670 e. The largest absolute Gasteiger partial charge is 0.380 e. The Hall–Kier alpha value is -0.900. The molecule has 1 aliphatic heterocycles. The van der Waals surface area contributed by atoms with Gasteiger partial charge in [0.15, 0.2) is 0 Å². The Bertz CT molecular complexity index is 395. The van der Waals surface area contributed by atoms with Crippen molar-refractivity contribution < 1.29 is 4.74 Å². The molecule has 2 rings (SSSR count). The second kappa shape index (κ2) is 6.04. The Kier molecular flexibility index (Phi) is 4.61. The molecule has 1 aliphatic rings. The standard InChI is InChI=1S/C16H26N2O/c1-13-10-18(11-14(2)19-4)16(3,12-17-13)15-8-6-5-7-9-15/h5-9,13-14,17H,10-12H2,1-4H3. The van der Waals surface area contributed by atoms with Gasteiger partial charge in [-0.25, -0.2) is 0 Å². The van der Waals surface area contributed by atoms with E-state index in [9.17, 15) is 0 Å². The minimum absolute atomic E-state index is 0.0422. The van der Waals surface area contributed by atoms with Gasteiger partial charge in [0.1, 0.15) is 0 Å². The molecule has 1 N–H and O–H groups in total. The van der Waals surface area contributed by atoms with Gasteiger partial charge in [0, 0.05) is 32.8 Å². The van der Waals surface area contributed by atoms with Gasteiger partial charge in [-0.3, -0.25) is 4.90 Å². The van der Waals surface area contributed by atoms with Gasteiger partial charge in [-0.05, 0) is 26.3 Å². The molecule has 0 saturated carbocycles. The zero-order chi connectivity index (χ0) is 13.9. The maximum Gasteiger partial charge on any atom is 0.0670 e. The van der Waals surface area contributed by atoms with E-state index in [0.29, 0.717) is 6.04 Å². The fourth-order valence-electron chi connectivity index (χ4n) is 2.82. The predicted molar refractivity (Wildman–Crippen MR) is 79.3 cm³/mol. The summed E-state index contributed by atoms with van der Waals surface area (Å²) in [5.41, 5.74) is 1.42. The zero-order valence-electron chi connectivity index (χ0n) is 12.5. The zero-order valence-corrected chi connectivity index (χ0v) is 12.5. The molecule has 19 heavy (non-hydrogen) atoms. The number of nitrogens with one attached hydrogen (secondary N) is 1. The minimum Gasteiger partial charge on any atom is -0.380 e. The number of methoxy groups -OCH3 is 1. The highest BCUT2D eigenvalue weighted by Crippen LogP contribution is 2.30. The van der Waals surface area contributed by atoms with Crippen LogP contribution in [0.25, 0.3) is 0 Å². The summed E-state index contributed by atoms with van der Waals surface area (Å²) in [4.78, 5) is 2.55. The van der Waals surface area contributed by atoms with E-state index in [-0.39, 0.29) is 11.6 Å². The van der Waals surface area contributed by atoms with Crippen molar-refractivity contribution in [2.75, 3.05) is 26.7 Å². The maximum atomic E-state index is 5.46. The van der Waals surface area contributed by atoms with Crippen molar-refractivity contribution in [1.82, 2.24) is 10.2 Å². The summed E-state index contributed by atoms with van der Waals surface area (Å²) >= 11 is 0. The molecule has 3 heteroatoms. The van der Waals surface area contributed by atoms with Crippen LogP contribution in [-0.2, 0) is 10.3 Å². The van der Waals surface area contributed by atoms with Crippen molar-refractivity contribution in [3.05, 3.63) is 35.9 Å². The van der Waals surface area contributed by atoms with E-state index < -0.39 is 0 Å². The molecule has 3 atom stereocenters. The normalized spacial score (nSPS) is 30.2. The van der Waals surface area contributed by atoms with Crippen LogP contribution < -0.4 is 5.32 Å². The molecule has 3 nitrogen and oxygen atoms in total. The summed E-state index contributed by atoms with van der Waals surface area (Å²) in [6.07, 6.45) is 0.258. The first kappa shape index (κ1) is 14.5. The van der Waals surface area contributed by atoms with Crippen molar-refractivity contribution >= 4 is 0 Å². The Labute approximate surface area is 116 Å². The van der Waals surface area contributed by atoms with Crippen molar-refractivity contribution in [2.45, 2.75) is 38.5 Å². The number of ether oxygens (including phenoxy) is 1. The number of rotatable bonds is 4. The highest BCUT2D eigenvalue weighted by molar-refractivity contribution is 5.25. The number of benzene rings is 1. The van der Waals surface area contributed by atoms with Crippen LogP contribution in [0.5, 0.6) is 0 Å². The fraction of sp³-hybridized carbons (Fsp3) is 0.625. The second-order valence-electron chi connectivity index (χ2n) is 5.87. The summed E-state index contributed by atoms with van der Waals surface area (Å²) in [5.74, 6) is 0. The number of hydrogen-bond acceptors (Lipinski definition) is 3. The molecule has 0 amide bonds. The molecule has 1 aromatic rings. The van der Waals surface area contributed by atoms with Gasteiger partial charge in [-0.2, -0.15) is 0 Å². The average Bonchev–Trinajstić information content (AvgIpc) is 2.44. The molecule has 1 saturated heterocycles. The molecule has 1 heterocycles. The molecule has 0 aliphatic carbocycles. The third-order valence-electron chi connectivity index (χ3n) is 4.26. The lowest BCUT2D eigenvalue weighted by atomic mass is 9.87. The topological polar surface area (TPSA) is 24.5 Å². The molecular weight excluding hydrogens is 236 g/mol. The Balaban J connectivity index is 2.24. The molecule has 106 valence electrons. The molecular formula is C16H26N2O. The van der Waals surface area contributed by atoms with E-state index in [1.807, 2.05) is 0 Å². The Morgan fingerprint density at radius 3 is 2.74 bits per heavy atom. The summed E-state index contributed by atoms with van der Waals surface area (Å²) in [7, 11) is 1.79. The SMILES string of the molecule is COC(C)CN1CC(C)NCC1(C)c1ccccc1. The summed E-state index contributed by atoms with van der Waals surface area (Å²) in [6.45, 7) is 9.71. The first-order chi connectivity index (χ1) is 9.06. The number of hydrogen-bond donors (Lipinski definition) is 1.